The number of carboxylic acids is 1. The number of carboxylic acid groups (broad SMARTS) is 1. The number of rotatable bonds is 14. The number of carbonyl (C=O) groups is 3. The van der Waals surface area contributed by atoms with Crippen molar-refractivity contribution < 1.29 is 19.5 Å². The Labute approximate surface area is 184 Å². The van der Waals surface area contributed by atoms with Gasteiger partial charge in [-0.05, 0) is 12.5 Å². The molecule has 1 rings (SSSR count). The number of unbranched alkanes of at least 4 members (excludes halogenated alkanes) is 3. The molecule has 0 aliphatic carbocycles. The number of aldehydes is 1. The van der Waals surface area contributed by atoms with Crippen molar-refractivity contribution in [2.75, 3.05) is 0 Å². The van der Waals surface area contributed by atoms with Gasteiger partial charge in [0.05, 0.1) is 5.92 Å². The minimum atomic E-state index is -1.31. The standard InChI is InChI=1S/C12H12O4.3C4H9.Sn/c1-8(14)11(12(15)16)10(7-13)9-5-3-2-4-6-9;3*1-3-4-2;/h2-7,10-11H,1H3,(H,15,16);3*1,3-4H2,2H3;. The fourth-order valence-electron chi connectivity index (χ4n) is 3.26. The summed E-state index contributed by atoms with van der Waals surface area (Å²) >= 11 is -0.839. The SMILES string of the molecule is CC(=O)C(C(=O)O)C(C=O)c1ccccc1.CCC[CH2][Sn]([CH2]CCC)[CH2]CCC. The third kappa shape index (κ3) is 12.2. The van der Waals surface area contributed by atoms with Gasteiger partial charge in [-0.3, -0.25) is 9.59 Å². The number of ketones is 1. The first-order valence-electron chi connectivity index (χ1n) is 11.0. The van der Waals surface area contributed by atoms with Crippen molar-refractivity contribution in [3.8, 4) is 0 Å². The molecule has 1 aromatic rings. The van der Waals surface area contributed by atoms with E-state index < -0.39 is 43.3 Å². The monoisotopic (exact) mass is 511 g/mol. The first kappa shape index (κ1) is 27.8. The van der Waals surface area contributed by atoms with Crippen molar-refractivity contribution in [1.82, 2.24) is 0 Å². The number of hydrogen-bond acceptors (Lipinski definition) is 3. The molecule has 4 nitrogen and oxygen atoms in total. The Morgan fingerprint density at radius 2 is 1.38 bits per heavy atom. The molecule has 0 bridgehead atoms. The van der Waals surface area contributed by atoms with Crippen molar-refractivity contribution in [1.29, 1.82) is 0 Å². The average molecular weight is 510 g/mol. The molecule has 5 heteroatoms. The van der Waals surface area contributed by atoms with Crippen molar-refractivity contribution >= 4 is 37.8 Å². The molecule has 0 saturated heterocycles. The molecule has 0 aliphatic heterocycles. The van der Waals surface area contributed by atoms with Gasteiger partial charge in [-0.15, -0.1) is 0 Å². The summed E-state index contributed by atoms with van der Waals surface area (Å²) in [6.07, 6.45) is 9.36. The third-order valence-corrected chi connectivity index (χ3v) is 14.1. The van der Waals surface area contributed by atoms with E-state index in [1.807, 2.05) is 0 Å². The maximum atomic E-state index is 11.2. The minimum absolute atomic E-state index is 0.509. The second-order valence-corrected chi connectivity index (χ2v) is 16.1. The number of Topliss-reactive ketones (excluding diaryl/α,β-unsaturated/α-hetero) is 1. The molecule has 29 heavy (non-hydrogen) atoms. The molecule has 0 heterocycles. The molecule has 2 unspecified atom stereocenters. The van der Waals surface area contributed by atoms with Gasteiger partial charge in [-0.1, -0.05) is 30.3 Å². The van der Waals surface area contributed by atoms with E-state index in [1.165, 1.54) is 45.4 Å². The molecule has 0 spiro atoms. The second-order valence-electron chi connectivity index (χ2n) is 7.56. The molecule has 1 N–H and O–H groups in total. The number of aliphatic carboxylic acids is 1. The van der Waals surface area contributed by atoms with Crippen LogP contribution >= 0.6 is 0 Å². The van der Waals surface area contributed by atoms with Gasteiger partial charge in [-0.25, -0.2) is 0 Å². The van der Waals surface area contributed by atoms with Gasteiger partial charge in [-0.2, -0.15) is 0 Å². The van der Waals surface area contributed by atoms with E-state index in [0.29, 0.717) is 11.8 Å². The Hall–Kier alpha value is -1.17. The zero-order valence-corrected chi connectivity index (χ0v) is 21.5. The van der Waals surface area contributed by atoms with Crippen LogP contribution in [0.25, 0.3) is 0 Å². The molecule has 163 valence electrons. The molecule has 0 fully saturated rings. The Balaban J connectivity index is 0.000000555. The normalized spacial score (nSPS) is 12.6. The number of hydrogen-bond donors (Lipinski definition) is 1. The van der Waals surface area contributed by atoms with Gasteiger partial charge < -0.3 is 9.90 Å². The molecule has 1 aromatic carbocycles. The topological polar surface area (TPSA) is 71.4 Å². The van der Waals surface area contributed by atoms with E-state index in [0.717, 1.165) is 0 Å². The van der Waals surface area contributed by atoms with Crippen LogP contribution in [0.3, 0.4) is 0 Å². The predicted molar refractivity (Wildman–Crippen MR) is 122 cm³/mol. The zero-order chi connectivity index (χ0) is 22.1. The summed E-state index contributed by atoms with van der Waals surface area (Å²) in [5.74, 6) is -4.02. The number of benzene rings is 1. The van der Waals surface area contributed by atoms with Gasteiger partial charge in [0.2, 0.25) is 0 Å². The molecular weight excluding hydrogens is 471 g/mol. The molecular formula is C24H39O4Sn. The first-order valence-corrected chi connectivity index (χ1v) is 17.0. The zero-order valence-electron chi connectivity index (χ0n) is 18.7. The van der Waals surface area contributed by atoms with E-state index in [1.54, 1.807) is 43.6 Å². The van der Waals surface area contributed by atoms with Gasteiger partial charge in [0, 0.05) is 0 Å². The molecule has 0 saturated carbocycles. The van der Waals surface area contributed by atoms with Gasteiger partial charge in [0.1, 0.15) is 18.0 Å². The van der Waals surface area contributed by atoms with E-state index in [4.69, 9.17) is 5.11 Å². The average Bonchev–Trinajstić information content (AvgIpc) is 2.71. The summed E-state index contributed by atoms with van der Waals surface area (Å²) in [6.45, 7) is 8.18. The van der Waals surface area contributed by atoms with Gasteiger partial charge >= 0.3 is 98.3 Å². The summed E-state index contributed by atoms with van der Waals surface area (Å²) in [6, 6.07) is 8.43. The van der Waals surface area contributed by atoms with Crippen LogP contribution in [0.15, 0.2) is 30.3 Å². The second kappa shape index (κ2) is 17.7. The van der Waals surface area contributed by atoms with E-state index >= 15 is 0 Å². The van der Waals surface area contributed by atoms with Crippen LogP contribution in [0.5, 0.6) is 0 Å². The van der Waals surface area contributed by atoms with Crippen molar-refractivity contribution in [2.45, 2.75) is 85.4 Å². The van der Waals surface area contributed by atoms with E-state index in [9.17, 15) is 14.4 Å². The Morgan fingerprint density at radius 3 is 1.69 bits per heavy atom. The van der Waals surface area contributed by atoms with E-state index in [2.05, 4.69) is 20.8 Å². The molecule has 0 aromatic heterocycles. The van der Waals surface area contributed by atoms with Crippen LogP contribution in [-0.4, -0.2) is 42.9 Å². The fourth-order valence-corrected chi connectivity index (χ4v) is 12.7. The Kier molecular flexibility index (Phi) is 17.0. The van der Waals surface area contributed by atoms with Gasteiger partial charge in [0.15, 0.2) is 0 Å². The summed E-state index contributed by atoms with van der Waals surface area (Å²) in [7, 11) is 0. The molecule has 0 aliphatic rings. The third-order valence-electron chi connectivity index (χ3n) is 5.05. The fraction of sp³-hybridized carbons (Fsp3) is 0.625. The van der Waals surface area contributed by atoms with Crippen molar-refractivity contribution in [3.05, 3.63) is 35.9 Å². The summed E-state index contributed by atoms with van der Waals surface area (Å²) in [5.41, 5.74) is 0.542. The quantitative estimate of drug-likeness (QED) is 0.186. The van der Waals surface area contributed by atoms with E-state index in [-0.39, 0.29) is 0 Å². The van der Waals surface area contributed by atoms with Crippen LogP contribution in [0.4, 0.5) is 0 Å². The summed E-state index contributed by atoms with van der Waals surface area (Å²) < 4.78 is 5.04. The summed E-state index contributed by atoms with van der Waals surface area (Å²) in [5, 5.41) is 8.93. The van der Waals surface area contributed by atoms with Crippen LogP contribution in [0.2, 0.25) is 13.3 Å². The van der Waals surface area contributed by atoms with Crippen LogP contribution in [0.1, 0.15) is 77.7 Å². The molecule has 2 atom stereocenters. The summed E-state index contributed by atoms with van der Waals surface area (Å²) in [4.78, 5) is 33.1. The molecule has 0 amide bonds. The maximum absolute atomic E-state index is 11.2. The predicted octanol–water partition coefficient (Wildman–Crippen LogP) is 6.14. The Morgan fingerprint density at radius 1 is 0.931 bits per heavy atom. The van der Waals surface area contributed by atoms with Crippen LogP contribution in [0, 0.1) is 5.92 Å². The first-order chi connectivity index (χ1) is 13.9. The van der Waals surface area contributed by atoms with Crippen LogP contribution in [-0.2, 0) is 14.4 Å². The van der Waals surface area contributed by atoms with Crippen molar-refractivity contribution in [2.24, 2.45) is 5.92 Å². The Bertz CT molecular complexity index is 540. The van der Waals surface area contributed by atoms with Crippen LogP contribution < -0.4 is 0 Å². The van der Waals surface area contributed by atoms with Gasteiger partial charge in [0.25, 0.3) is 0 Å². The number of carbonyl (C=O) groups excluding carboxylic acids is 2. The van der Waals surface area contributed by atoms with Crippen molar-refractivity contribution in [3.63, 3.8) is 0 Å². The molecule has 1 radical (unpaired) electrons.